The molecule has 22 heavy (non-hydrogen) atoms. The van der Waals surface area contributed by atoms with Gasteiger partial charge in [0.1, 0.15) is 5.75 Å². The van der Waals surface area contributed by atoms with E-state index < -0.39 is 5.91 Å². The Hall–Kier alpha value is -2.86. The Bertz CT molecular complexity index is 668. The molecular weight excluding hydrogens is 284 g/mol. The molecule has 0 aliphatic carbocycles. The van der Waals surface area contributed by atoms with E-state index >= 15 is 0 Å². The predicted molar refractivity (Wildman–Crippen MR) is 79.9 cm³/mol. The van der Waals surface area contributed by atoms with Crippen LogP contribution in [0, 0.1) is 0 Å². The van der Waals surface area contributed by atoms with Crippen LogP contribution in [0.25, 0.3) is 0 Å². The minimum Gasteiger partial charge on any atom is -0.496 e. The number of ether oxygens (including phenoxy) is 1. The quantitative estimate of drug-likeness (QED) is 0.580. The number of carbonyl (C=O) groups is 2. The minimum absolute atomic E-state index is 0.262. The summed E-state index contributed by atoms with van der Waals surface area (Å²) in [4.78, 5) is 23.3. The van der Waals surface area contributed by atoms with E-state index in [1.54, 1.807) is 7.11 Å². The van der Waals surface area contributed by atoms with E-state index in [0.717, 1.165) is 5.56 Å². The van der Waals surface area contributed by atoms with Crippen molar-refractivity contribution in [2.45, 2.75) is 6.54 Å². The lowest BCUT2D eigenvalue weighted by Crippen LogP contribution is -2.23. The van der Waals surface area contributed by atoms with Gasteiger partial charge in [-0.2, -0.15) is 0 Å². The van der Waals surface area contributed by atoms with Gasteiger partial charge in [0.2, 0.25) is 0 Å². The summed E-state index contributed by atoms with van der Waals surface area (Å²) in [5.74, 6) is -0.180. The highest BCUT2D eigenvalue weighted by Crippen LogP contribution is 2.16. The molecule has 2 amide bonds. The summed E-state index contributed by atoms with van der Waals surface area (Å²) in [6.45, 7) is 0.335. The van der Waals surface area contributed by atoms with Crippen molar-refractivity contribution in [2.75, 3.05) is 7.11 Å². The van der Waals surface area contributed by atoms with Crippen LogP contribution in [-0.2, 0) is 6.54 Å². The molecule has 2 aromatic carbocycles. The molecule has 0 fully saturated rings. The van der Waals surface area contributed by atoms with Crippen LogP contribution in [-0.4, -0.2) is 24.1 Å². The number of nitrogens with one attached hydrogen (secondary N) is 2. The van der Waals surface area contributed by atoms with E-state index in [9.17, 15) is 9.59 Å². The third-order valence-corrected chi connectivity index (χ3v) is 3.14. The van der Waals surface area contributed by atoms with E-state index in [-0.39, 0.29) is 11.5 Å². The Labute approximate surface area is 127 Å². The minimum atomic E-state index is -0.624. The van der Waals surface area contributed by atoms with Crippen molar-refractivity contribution >= 4 is 11.8 Å². The van der Waals surface area contributed by atoms with Gasteiger partial charge < -0.3 is 10.1 Å². The first-order valence-corrected chi connectivity index (χ1v) is 6.60. The molecule has 3 N–H and O–H groups in total. The number of para-hydroxylation sites is 1. The van der Waals surface area contributed by atoms with Gasteiger partial charge in [-0.1, -0.05) is 18.2 Å². The summed E-state index contributed by atoms with van der Waals surface area (Å²) in [7, 11) is 1.57. The van der Waals surface area contributed by atoms with Crippen LogP contribution in [0.4, 0.5) is 0 Å². The van der Waals surface area contributed by atoms with Gasteiger partial charge in [0, 0.05) is 23.2 Å². The maximum absolute atomic E-state index is 12.1. The van der Waals surface area contributed by atoms with Crippen molar-refractivity contribution in [3.63, 3.8) is 0 Å². The van der Waals surface area contributed by atoms with Crippen LogP contribution in [0.2, 0.25) is 0 Å². The zero-order valence-electron chi connectivity index (χ0n) is 12.0. The molecule has 0 aromatic heterocycles. The molecule has 0 saturated heterocycles. The zero-order chi connectivity index (χ0) is 15.9. The van der Waals surface area contributed by atoms with E-state index in [1.165, 1.54) is 29.7 Å². The number of carbonyl (C=O) groups excluding carboxylic acids is 2. The highest BCUT2D eigenvalue weighted by molar-refractivity contribution is 5.97. The first-order valence-electron chi connectivity index (χ1n) is 6.60. The number of hydrogen-bond donors (Lipinski definition) is 3. The summed E-state index contributed by atoms with van der Waals surface area (Å²) >= 11 is 0. The van der Waals surface area contributed by atoms with Gasteiger partial charge in [0.05, 0.1) is 7.11 Å². The molecule has 6 heteroatoms. The van der Waals surface area contributed by atoms with Crippen molar-refractivity contribution in [1.82, 2.24) is 10.8 Å². The predicted octanol–water partition coefficient (Wildman–Crippen LogP) is 1.74. The van der Waals surface area contributed by atoms with E-state index in [1.807, 2.05) is 24.3 Å². The average Bonchev–Trinajstić information content (AvgIpc) is 2.59. The number of hydroxylamine groups is 1. The summed E-state index contributed by atoms with van der Waals surface area (Å²) < 4.78 is 5.22. The van der Waals surface area contributed by atoms with Crippen molar-refractivity contribution in [3.05, 3.63) is 65.2 Å². The van der Waals surface area contributed by atoms with Gasteiger partial charge in [0.25, 0.3) is 11.8 Å². The molecule has 0 aliphatic rings. The van der Waals surface area contributed by atoms with Gasteiger partial charge in [-0.15, -0.1) is 0 Å². The van der Waals surface area contributed by atoms with E-state index in [0.29, 0.717) is 17.9 Å². The second-order valence-electron chi connectivity index (χ2n) is 4.51. The number of rotatable bonds is 5. The topological polar surface area (TPSA) is 87.7 Å². The van der Waals surface area contributed by atoms with Crippen LogP contribution in [0.5, 0.6) is 5.75 Å². The number of methoxy groups -OCH3 is 1. The van der Waals surface area contributed by atoms with Gasteiger partial charge in [-0.25, -0.2) is 5.48 Å². The number of hydrogen-bond acceptors (Lipinski definition) is 4. The summed E-state index contributed by atoms with van der Waals surface area (Å²) in [5.41, 5.74) is 3.09. The number of benzene rings is 2. The normalized spacial score (nSPS) is 9.91. The van der Waals surface area contributed by atoms with Gasteiger partial charge >= 0.3 is 0 Å². The monoisotopic (exact) mass is 300 g/mol. The highest BCUT2D eigenvalue weighted by atomic mass is 16.5. The van der Waals surface area contributed by atoms with Crippen LogP contribution in [0.15, 0.2) is 48.5 Å². The third-order valence-electron chi connectivity index (χ3n) is 3.14. The van der Waals surface area contributed by atoms with Crippen molar-refractivity contribution in [3.8, 4) is 5.75 Å². The van der Waals surface area contributed by atoms with E-state index in [2.05, 4.69) is 5.32 Å². The first kappa shape index (κ1) is 15.5. The van der Waals surface area contributed by atoms with Crippen LogP contribution < -0.4 is 15.5 Å². The molecule has 0 radical (unpaired) electrons. The summed E-state index contributed by atoms with van der Waals surface area (Å²) in [5, 5.41) is 11.3. The van der Waals surface area contributed by atoms with Crippen LogP contribution in [0.1, 0.15) is 26.3 Å². The fourth-order valence-corrected chi connectivity index (χ4v) is 1.96. The maximum Gasteiger partial charge on any atom is 0.274 e. The fourth-order valence-electron chi connectivity index (χ4n) is 1.96. The molecule has 0 saturated carbocycles. The molecule has 6 nitrogen and oxygen atoms in total. The maximum atomic E-state index is 12.1. The molecule has 2 rings (SSSR count). The molecule has 114 valence electrons. The molecular formula is C16H16N2O4. The first-order chi connectivity index (χ1) is 10.7. The van der Waals surface area contributed by atoms with Crippen LogP contribution >= 0.6 is 0 Å². The molecule has 0 atom stereocenters. The van der Waals surface area contributed by atoms with Crippen LogP contribution in [0.3, 0.4) is 0 Å². The fraction of sp³-hybridized carbons (Fsp3) is 0.125. The van der Waals surface area contributed by atoms with Gasteiger partial charge in [0.15, 0.2) is 0 Å². The van der Waals surface area contributed by atoms with E-state index in [4.69, 9.17) is 9.94 Å². The molecule has 0 aliphatic heterocycles. The zero-order valence-corrected chi connectivity index (χ0v) is 12.0. The Kier molecular flexibility index (Phi) is 5.11. The lowest BCUT2D eigenvalue weighted by molar-refractivity contribution is 0.0706. The van der Waals surface area contributed by atoms with Crippen molar-refractivity contribution in [1.29, 1.82) is 0 Å². The van der Waals surface area contributed by atoms with Crippen molar-refractivity contribution in [2.24, 2.45) is 0 Å². The standard InChI is InChI=1S/C16H16N2O4/c1-22-14-5-3-2-4-13(14)10-17-15(19)11-6-8-12(9-7-11)16(20)18-21/h2-9,21H,10H2,1H3,(H,17,19)(H,18,20). The molecule has 2 aromatic rings. The summed E-state index contributed by atoms with van der Waals surface area (Å²) in [6.07, 6.45) is 0. The molecule has 0 heterocycles. The number of amides is 2. The van der Waals surface area contributed by atoms with Crippen molar-refractivity contribution < 1.29 is 19.5 Å². The van der Waals surface area contributed by atoms with Gasteiger partial charge in [-0.05, 0) is 30.3 Å². The Morgan fingerprint density at radius 2 is 1.59 bits per heavy atom. The smallest absolute Gasteiger partial charge is 0.274 e. The molecule has 0 bridgehead atoms. The average molecular weight is 300 g/mol. The molecule has 0 spiro atoms. The summed E-state index contributed by atoms with van der Waals surface area (Å²) in [6, 6.07) is 13.4. The Morgan fingerprint density at radius 1 is 1.00 bits per heavy atom. The molecule has 0 unspecified atom stereocenters. The SMILES string of the molecule is COc1ccccc1CNC(=O)c1ccc(C(=O)NO)cc1. The Balaban J connectivity index is 2.02. The van der Waals surface area contributed by atoms with Gasteiger partial charge in [-0.3, -0.25) is 14.8 Å². The second-order valence-corrected chi connectivity index (χ2v) is 4.51. The Morgan fingerprint density at radius 3 is 2.18 bits per heavy atom. The lowest BCUT2D eigenvalue weighted by Gasteiger charge is -2.09. The lowest BCUT2D eigenvalue weighted by atomic mass is 10.1. The largest absolute Gasteiger partial charge is 0.496 e. The third kappa shape index (κ3) is 3.62. The highest BCUT2D eigenvalue weighted by Gasteiger charge is 2.09. The second kappa shape index (κ2) is 7.24.